The fourth-order valence-electron chi connectivity index (χ4n) is 5.97. The quantitative estimate of drug-likeness (QED) is 0.245. The molecule has 0 radical (unpaired) electrons. The summed E-state index contributed by atoms with van der Waals surface area (Å²) in [5.41, 5.74) is 1.22. The van der Waals surface area contributed by atoms with Crippen molar-refractivity contribution >= 4 is 39.8 Å². The third kappa shape index (κ3) is 6.36. The van der Waals surface area contributed by atoms with E-state index in [1.807, 2.05) is 61.7 Å². The maximum absolute atomic E-state index is 14.2. The van der Waals surface area contributed by atoms with Crippen LogP contribution in [0.1, 0.15) is 71.9 Å². The molecule has 11 heteroatoms. The second kappa shape index (κ2) is 11.9. The first-order valence-electron chi connectivity index (χ1n) is 15.1. The molecule has 1 aliphatic heterocycles. The van der Waals surface area contributed by atoms with Crippen LogP contribution in [0.5, 0.6) is 0 Å². The molecule has 1 aliphatic rings. The van der Waals surface area contributed by atoms with E-state index in [-0.39, 0.29) is 17.6 Å². The fourth-order valence-corrected chi connectivity index (χ4v) is 5.97. The molecule has 3 heterocycles. The Morgan fingerprint density at radius 3 is 2.27 bits per heavy atom. The van der Waals surface area contributed by atoms with Gasteiger partial charge in [-0.1, -0.05) is 37.3 Å². The van der Waals surface area contributed by atoms with Crippen LogP contribution >= 0.6 is 0 Å². The minimum Gasteiger partial charge on any atom is -0.444 e. The molecule has 4 aromatic rings. The number of ether oxygens (including phenoxy) is 1. The predicted octanol–water partition coefficient (Wildman–Crippen LogP) is 4.57. The summed E-state index contributed by atoms with van der Waals surface area (Å²) in [4.78, 5) is 61.2. The topological polar surface area (TPSA) is 141 Å². The zero-order valence-corrected chi connectivity index (χ0v) is 26.2. The Balaban J connectivity index is 1.37. The fraction of sp³-hybridized carbons (Fsp3) is 0.455. The van der Waals surface area contributed by atoms with Crippen LogP contribution in [0.3, 0.4) is 0 Å². The van der Waals surface area contributed by atoms with Gasteiger partial charge in [0.1, 0.15) is 17.2 Å². The summed E-state index contributed by atoms with van der Waals surface area (Å²) in [7, 11) is 0. The summed E-state index contributed by atoms with van der Waals surface area (Å²) in [6.45, 7) is 11.2. The highest BCUT2D eigenvalue weighted by molar-refractivity contribution is 5.95. The van der Waals surface area contributed by atoms with Gasteiger partial charge in [-0.15, -0.1) is 0 Å². The number of hydrogen-bond acceptors (Lipinski definition) is 5. The first-order chi connectivity index (χ1) is 20.7. The number of benzene rings is 2. The van der Waals surface area contributed by atoms with Gasteiger partial charge in [-0.2, -0.15) is 0 Å². The maximum atomic E-state index is 14.2. The average molecular weight is 603 g/mol. The van der Waals surface area contributed by atoms with Crippen LogP contribution in [-0.4, -0.2) is 67.6 Å². The van der Waals surface area contributed by atoms with Crippen molar-refractivity contribution in [3.05, 3.63) is 70.8 Å². The Bertz CT molecular complexity index is 1730. The van der Waals surface area contributed by atoms with Crippen molar-refractivity contribution in [3.63, 3.8) is 0 Å². The van der Waals surface area contributed by atoms with Gasteiger partial charge in [-0.05, 0) is 71.2 Å². The summed E-state index contributed by atoms with van der Waals surface area (Å²) >= 11 is 0. The lowest BCUT2D eigenvalue weighted by atomic mass is 9.90. The first-order valence-corrected chi connectivity index (χ1v) is 15.1. The van der Waals surface area contributed by atoms with Gasteiger partial charge < -0.3 is 30.2 Å². The molecule has 2 aromatic carbocycles. The van der Waals surface area contributed by atoms with Crippen LogP contribution in [0.15, 0.2) is 59.5 Å². The molecule has 2 unspecified atom stereocenters. The number of aromatic amines is 2. The molecule has 0 bridgehead atoms. The number of rotatable bonds is 7. The molecule has 11 nitrogen and oxygen atoms in total. The Morgan fingerprint density at radius 1 is 0.955 bits per heavy atom. The number of para-hydroxylation sites is 3. The number of likely N-dealkylation sites (tertiary alicyclic amines) is 1. The van der Waals surface area contributed by atoms with Gasteiger partial charge in [0.25, 0.3) is 0 Å². The Morgan fingerprint density at radius 2 is 1.59 bits per heavy atom. The minimum atomic E-state index is -1.36. The van der Waals surface area contributed by atoms with Crippen LogP contribution in [0.4, 0.5) is 4.79 Å². The van der Waals surface area contributed by atoms with Gasteiger partial charge in [-0.25, -0.2) is 9.59 Å². The number of fused-ring (bicyclic) bond motifs is 2. The molecule has 0 aliphatic carbocycles. The lowest BCUT2D eigenvalue weighted by Crippen LogP contribution is -2.61. The molecular formula is C33H42N6O5. The smallest absolute Gasteiger partial charge is 0.408 e. The number of nitrogens with zero attached hydrogens (tertiary/aromatic N) is 2. The van der Waals surface area contributed by atoms with Crippen molar-refractivity contribution in [2.24, 2.45) is 0 Å². The number of carbonyl (C=O) groups is 3. The molecule has 234 valence electrons. The lowest BCUT2D eigenvalue weighted by molar-refractivity contribution is -0.139. The van der Waals surface area contributed by atoms with E-state index in [4.69, 9.17) is 4.74 Å². The molecule has 1 saturated heterocycles. The largest absolute Gasteiger partial charge is 0.444 e. The third-order valence-electron chi connectivity index (χ3n) is 8.31. The zero-order chi connectivity index (χ0) is 31.8. The highest BCUT2D eigenvalue weighted by Gasteiger charge is 2.39. The molecule has 3 amide bonds. The van der Waals surface area contributed by atoms with Gasteiger partial charge in [0.2, 0.25) is 11.8 Å². The predicted molar refractivity (Wildman–Crippen MR) is 170 cm³/mol. The second-order valence-electron chi connectivity index (χ2n) is 13.2. The Hall–Kier alpha value is -4.54. The molecule has 1 fully saturated rings. The average Bonchev–Trinajstić information content (AvgIpc) is 3.54. The van der Waals surface area contributed by atoms with Crippen LogP contribution in [0.2, 0.25) is 0 Å². The SMILES string of the molecule is CC(c1c[nH]c2ccccc12)C(NC(=O)C(C)(C)NC(=O)OC(C)(C)C)C(=O)N1CCC(n2c(=O)[nH]c3ccccc32)CC1. The number of imidazole rings is 1. The Kier molecular flexibility index (Phi) is 8.33. The molecule has 2 aromatic heterocycles. The molecule has 44 heavy (non-hydrogen) atoms. The Labute approximate surface area is 256 Å². The molecule has 4 N–H and O–H groups in total. The van der Waals surface area contributed by atoms with E-state index in [9.17, 15) is 19.2 Å². The van der Waals surface area contributed by atoms with Crippen molar-refractivity contribution in [2.75, 3.05) is 13.1 Å². The van der Waals surface area contributed by atoms with Crippen LogP contribution in [0, 0.1) is 0 Å². The maximum Gasteiger partial charge on any atom is 0.408 e. The molecule has 5 rings (SSSR count). The number of aromatic nitrogens is 3. The van der Waals surface area contributed by atoms with Gasteiger partial charge in [-0.3, -0.25) is 14.2 Å². The molecular weight excluding hydrogens is 560 g/mol. The van der Waals surface area contributed by atoms with Crippen molar-refractivity contribution in [3.8, 4) is 0 Å². The van der Waals surface area contributed by atoms with E-state index >= 15 is 0 Å². The molecule has 0 saturated carbocycles. The summed E-state index contributed by atoms with van der Waals surface area (Å²) in [6, 6.07) is 14.5. The number of alkyl carbamates (subject to hydrolysis) is 1. The monoisotopic (exact) mass is 602 g/mol. The summed E-state index contributed by atoms with van der Waals surface area (Å²) in [6.07, 6.45) is 2.35. The van der Waals surface area contributed by atoms with Crippen molar-refractivity contribution in [2.45, 2.75) is 83.5 Å². The van der Waals surface area contributed by atoms with E-state index in [2.05, 4.69) is 20.6 Å². The van der Waals surface area contributed by atoms with Crippen molar-refractivity contribution in [1.82, 2.24) is 30.1 Å². The third-order valence-corrected chi connectivity index (χ3v) is 8.31. The van der Waals surface area contributed by atoms with Crippen LogP contribution < -0.4 is 16.3 Å². The first kappa shape index (κ1) is 30.9. The number of hydrogen-bond donors (Lipinski definition) is 4. The number of amides is 3. The highest BCUT2D eigenvalue weighted by atomic mass is 16.6. The highest BCUT2D eigenvalue weighted by Crippen LogP contribution is 2.31. The minimum absolute atomic E-state index is 0.0567. The second-order valence-corrected chi connectivity index (χ2v) is 13.2. The number of nitrogens with one attached hydrogen (secondary N) is 4. The van der Waals surface area contributed by atoms with Gasteiger partial charge in [0.15, 0.2) is 0 Å². The van der Waals surface area contributed by atoms with Crippen LogP contribution in [0.25, 0.3) is 21.9 Å². The van der Waals surface area contributed by atoms with Gasteiger partial charge >= 0.3 is 11.8 Å². The van der Waals surface area contributed by atoms with E-state index in [1.165, 1.54) is 0 Å². The van der Waals surface area contributed by atoms with E-state index < -0.39 is 35.1 Å². The summed E-state index contributed by atoms with van der Waals surface area (Å²) < 4.78 is 7.15. The number of H-pyrrole nitrogens is 2. The lowest BCUT2D eigenvalue weighted by Gasteiger charge is -2.37. The van der Waals surface area contributed by atoms with Crippen molar-refractivity contribution < 1.29 is 19.1 Å². The number of piperidine rings is 1. The van der Waals surface area contributed by atoms with Crippen molar-refractivity contribution in [1.29, 1.82) is 0 Å². The van der Waals surface area contributed by atoms with E-state index in [0.717, 1.165) is 27.5 Å². The summed E-state index contributed by atoms with van der Waals surface area (Å²) in [5.74, 6) is -1.11. The molecule has 0 spiro atoms. The molecule has 2 atom stereocenters. The van der Waals surface area contributed by atoms with E-state index in [1.54, 1.807) is 44.1 Å². The zero-order valence-electron chi connectivity index (χ0n) is 26.2. The van der Waals surface area contributed by atoms with Gasteiger partial charge in [0, 0.05) is 42.1 Å². The number of carbonyl (C=O) groups excluding carboxylic acids is 3. The normalized spacial score (nSPS) is 16.1. The van der Waals surface area contributed by atoms with Crippen LogP contribution in [-0.2, 0) is 14.3 Å². The summed E-state index contributed by atoms with van der Waals surface area (Å²) in [5, 5.41) is 6.58. The van der Waals surface area contributed by atoms with E-state index in [0.29, 0.717) is 25.9 Å². The standard InChI is InChI=1S/C33H42N6O5/c1-20(23-19-34-24-12-8-7-11-22(23)24)27(36-29(41)33(5,6)37-31(43)44-32(2,3)4)28(40)38-17-15-21(16-18-38)39-26-14-10-9-13-25(26)35-30(39)42/h7-14,19-21,27,34H,15-18H2,1-6H3,(H,35,42)(H,36,41)(H,37,43). The van der Waals surface area contributed by atoms with Gasteiger partial charge in [0.05, 0.1) is 11.0 Å².